The van der Waals surface area contributed by atoms with Gasteiger partial charge in [0.2, 0.25) is 0 Å². The van der Waals surface area contributed by atoms with E-state index in [4.69, 9.17) is 0 Å². The Morgan fingerprint density at radius 1 is 0.459 bits per heavy atom. The van der Waals surface area contributed by atoms with Crippen LogP contribution in [0.2, 0.25) is 0 Å². The van der Waals surface area contributed by atoms with Gasteiger partial charge in [-0.25, -0.2) is 0 Å². The molecule has 214 valence electrons. The molecule has 0 aromatic carbocycles. The van der Waals surface area contributed by atoms with Gasteiger partial charge in [0, 0.05) is 0 Å². The Balaban J connectivity index is 1.27. The topological polar surface area (TPSA) is 0 Å². The summed E-state index contributed by atoms with van der Waals surface area (Å²) in [7, 11) is 0. The average Bonchev–Trinajstić information content (AvgIpc) is 2.90. The van der Waals surface area contributed by atoms with Crippen LogP contribution in [0.1, 0.15) is 151 Å². The summed E-state index contributed by atoms with van der Waals surface area (Å²) in [6.45, 7) is 15.6. The number of fused-ring (bicyclic) bond motifs is 3. The second kappa shape index (κ2) is 12.7. The standard InChI is InChI=1S/C37H66/c1-7-27-17-20-31(23-24(27)4)29-13-10-11-14-30(19-18-29)33-21-22-35-34-16-12-15-28(8-2)36(34)25(5)26(6)37(35)32(33)9-3/h24-37H,7-23H2,1-6H3. The van der Waals surface area contributed by atoms with E-state index in [2.05, 4.69) is 41.5 Å². The first kappa shape index (κ1) is 28.5. The van der Waals surface area contributed by atoms with Crippen molar-refractivity contribution in [1.82, 2.24) is 0 Å². The van der Waals surface area contributed by atoms with Crippen molar-refractivity contribution in [3.8, 4) is 0 Å². The van der Waals surface area contributed by atoms with Crippen LogP contribution in [-0.4, -0.2) is 0 Å². The molecule has 37 heavy (non-hydrogen) atoms. The maximum Gasteiger partial charge on any atom is -0.0324 e. The summed E-state index contributed by atoms with van der Waals surface area (Å²) < 4.78 is 0. The van der Waals surface area contributed by atoms with E-state index in [-0.39, 0.29) is 0 Å². The smallest absolute Gasteiger partial charge is 0.0324 e. The van der Waals surface area contributed by atoms with E-state index in [1.165, 1.54) is 51.4 Å². The van der Waals surface area contributed by atoms with Crippen LogP contribution in [0.3, 0.4) is 0 Å². The van der Waals surface area contributed by atoms with Crippen LogP contribution in [0.15, 0.2) is 0 Å². The lowest BCUT2D eigenvalue weighted by Crippen LogP contribution is -2.54. The van der Waals surface area contributed by atoms with Gasteiger partial charge in [0.15, 0.2) is 0 Å². The first-order chi connectivity index (χ1) is 18.0. The van der Waals surface area contributed by atoms with Crippen molar-refractivity contribution in [3.05, 3.63) is 0 Å². The van der Waals surface area contributed by atoms with Gasteiger partial charge in [0.05, 0.1) is 0 Å². The SMILES string of the molecule is CCC1CCC(C2CCCCC(C3CCC4C5CCCC(CC)C5C(C)C(C)C4C3CC)CC2)CC1C. The molecule has 0 aromatic rings. The van der Waals surface area contributed by atoms with Crippen molar-refractivity contribution >= 4 is 0 Å². The third kappa shape index (κ3) is 5.63. The summed E-state index contributed by atoms with van der Waals surface area (Å²) in [6, 6.07) is 0. The molecule has 0 N–H and O–H groups in total. The van der Waals surface area contributed by atoms with Crippen molar-refractivity contribution in [2.45, 2.75) is 151 Å². The molecule has 0 bridgehead atoms. The van der Waals surface area contributed by atoms with Crippen molar-refractivity contribution in [2.75, 3.05) is 0 Å². The highest BCUT2D eigenvalue weighted by molar-refractivity contribution is 5.03. The molecular formula is C37H66. The molecule has 5 rings (SSSR count). The summed E-state index contributed by atoms with van der Waals surface area (Å²) in [4.78, 5) is 0. The van der Waals surface area contributed by atoms with Gasteiger partial charge in [-0.1, -0.05) is 99.3 Å². The van der Waals surface area contributed by atoms with E-state index in [1.807, 2.05) is 0 Å². The summed E-state index contributed by atoms with van der Waals surface area (Å²) >= 11 is 0. The van der Waals surface area contributed by atoms with E-state index in [0.717, 1.165) is 82.9 Å². The van der Waals surface area contributed by atoms with Gasteiger partial charge >= 0.3 is 0 Å². The van der Waals surface area contributed by atoms with Crippen molar-refractivity contribution in [2.24, 2.45) is 82.9 Å². The van der Waals surface area contributed by atoms with Gasteiger partial charge in [-0.2, -0.15) is 0 Å². The number of rotatable bonds is 5. The normalized spacial score (nSPS) is 51.4. The van der Waals surface area contributed by atoms with Crippen LogP contribution in [0.5, 0.6) is 0 Å². The fourth-order valence-corrected chi connectivity index (χ4v) is 12.6. The molecule has 0 spiro atoms. The van der Waals surface area contributed by atoms with Crippen molar-refractivity contribution in [1.29, 1.82) is 0 Å². The van der Waals surface area contributed by atoms with Gasteiger partial charge in [0.1, 0.15) is 0 Å². The molecule has 5 saturated carbocycles. The Hall–Kier alpha value is 0. The predicted molar refractivity (Wildman–Crippen MR) is 161 cm³/mol. The molecule has 0 aromatic heterocycles. The summed E-state index contributed by atoms with van der Waals surface area (Å²) in [5.41, 5.74) is 0. The zero-order chi connectivity index (χ0) is 26.1. The Morgan fingerprint density at radius 3 is 1.78 bits per heavy atom. The maximum absolute atomic E-state index is 2.73. The third-order valence-electron chi connectivity index (χ3n) is 14.6. The van der Waals surface area contributed by atoms with Gasteiger partial charge in [-0.3, -0.25) is 0 Å². The summed E-state index contributed by atoms with van der Waals surface area (Å²) in [5, 5.41) is 0. The van der Waals surface area contributed by atoms with Gasteiger partial charge < -0.3 is 0 Å². The highest BCUT2D eigenvalue weighted by atomic mass is 14.6. The first-order valence-electron chi connectivity index (χ1n) is 18.0. The van der Waals surface area contributed by atoms with E-state index in [9.17, 15) is 0 Å². The second-order valence-electron chi connectivity index (χ2n) is 15.7. The highest BCUT2D eigenvalue weighted by Crippen LogP contribution is 2.62. The van der Waals surface area contributed by atoms with Crippen molar-refractivity contribution < 1.29 is 0 Å². The van der Waals surface area contributed by atoms with Crippen LogP contribution in [0, 0.1) is 82.9 Å². The molecule has 0 aliphatic heterocycles. The van der Waals surface area contributed by atoms with Crippen LogP contribution < -0.4 is 0 Å². The maximum atomic E-state index is 2.73. The minimum atomic E-state index is 0.961. The molecule has 0 radical (unpaired) electrons. The van der Waals surface area contributed by atoms with E-state index in [0.29, 0.717) is 0 Å². The molecule has 14 unspecified atom stereocenters. The number of hydrogen-bond acceptors (Lipinski definition) is 0. The first-order valence-corrected chi connectivity index (χ1v) is 18.0. The highest BCUT2D eigenvalue weighted by Gasteiger charge is 2.55. The van der Waals surface area contributed by atoms with Crippen LogP contribution >= 0.6 is 0 Å². The van der Waals surface area contributed by atoms with Crippen LogP contribution in [0.4, 0.5) is 0 Å². The van der Waals surface area contributed by atoms with Gasteiger partial charge in [0.25, 0.3) is 0 Å². The minimum Gasteiger partial charge on any atom is -0.0651 e. The molecule has 14 atom stereocenters. The molecular weight excluding hydrogens is 444 g/mol. The Morgan fingerprint density at radius 2 is 1.08 bits per heavy atom. The molecule has 0 heteroatoms. The number of hydrogen-bond donors (Lipinski definition) is 0. The lowest BCUT2D eigenvalue weighted by Gasteiger charge is -2.60. The lowest BCUT2D eigenvalue weighted by molar-refractivity contribution is -0.119. The summed E-state index contributed by atoms with van der Waals surface area (Å²) in [5.74, 6) is 14.5. The Kier molecular flexibility index (Phi) is 9.77. The van der Waals surface area contributed by atoms with Crippen LogP contribution in [0.25, 0.3) is 0 Å². The van der Waals surface area contributed by atoms with Crippen LogP contribution in [-0.2, 0) is 0 Å². The predicted octanol–water partition coefficient (Wildman–Crippen LogP) is 11.4. The largest absolute Gasteiger partial charge is 0.0651 e. The quantitative estimate of drug-likeness (QED) is 0.345. The average molecular weight is 511 g/mol. The molecule has 5 aliphatic carbocycles. The van der Waals surface area contributed by atoms with E-state index in [1.54, 1.807) is 57.8 Å². The zero-order valence-electron chi connectivity index (χ0n) is 26.1. The van der Waals surface area contributed by atoms with Gasteiger partial charge in [-0.05, 0) is 134 Å². The zero-order valence-corrected chi connectivity index (χ0v) is 26.1. The summed E-state index contributed by atoms with van der Waals surface area (Å²) in [6.07, 6.45) is 26.2. The minimum absolute atomic E-state index is 0.961. The second-order valence-corrected chi connectivity index (χ2v) is 15.7. The lowest BCUT2D eigenvalue weighted by atomic mass is 9.45. The third-order valence-corrected chi connectivity index (χ3v) is 14.6. The fourth-order valence-electron chi connectivity index (χ4n) is 12.6. The monoisotopic (exact) mass is 511 g/mol. The van der Waals surface area contributed by atoms with E-state index >= 15 is 0 Å². The molecule has 5 fully saturated rings. The van der Waals surface area contributed by atoms with E-state index < -0.39 is 0 Å². The molecule has 0 saturated heterocycles. The fraction of sp³-hybridized carbons (Fsp3) is 1.00. The Labute approximate surface area is 233 Å². The van der Waals surface area contributed by atoms with Crippen molar-refractivity contribution in [3.63, 3.8) is 0 Å². The molecule has 5 aliphatic rings. The molecule has 0 nitrogen and oxygen atoms in total. The molecule has 0 heterocycles. The molecule has 0 amide bonds. The van der Waals surface area contributed by atoms with Gasteiger partial charge in [-0.15, -0.1) is 0 Å². The Bertz CT molecular complexity index is 694.